The van der Waals surface area contributed by atoms with Gasteiger partial charge in [0.1, 0.15) is 11.7 Å². The van der Waals surface area contributed by atoms with Crippen LogP contribution in [0.2, 0.25) is 0 Å². The molecule has 1 amide bonds. The van der Waals surface area contributed by atoms with Gasteiger partial charge in [-0.25, -0.2) is 0 Å². The maximum absolute atomic E-state index is 11.6. The minimum absolute atomic E-state index is 0.351. The first-order chi connectivity index (χ1) is 8.86. The summed E-state index contributed by atoms with van der Waals surface area (Å²) < 4.78 is 0. The van der Waals surface area contributed by atoms with Crippen molar-refractivity contribution in [2.24, 2.45) is 10.2 Å². The van der Waals surface area contributed by atoms with E-state index in [2.05, 4.69) is 20.5 Å². The first-order valence-corrected chi connectivity index (χ1v) is 6.26. The van der Waals surface area contributed by atoms with Gasteiger partial charge in [0.2, 0.25) is 10.0 Å². The van der Waals surface area contributed by atoms with E-state index in [1.807, 2.05) is 6.07 Å². The second kappa shape index (κ2) is 6.79. The zero-order chi connectivity index (χ0) is 12.6. The highest BCUT2D eigenvalue weighted by molar-refractivity contribution is 5.94. The zero-order valence-electron chi connectivity index (χ0n) is 10.2. The van der Waals surface area contributed by atoms with Crippen LogP contribution in [0.3, 0.4) is 0 Å². The maximum Gasteiger partial charge on any atom is 0.360 e. The molecule has 1 saturated heterocycles. The van der Waals surface area contributed by atoms with Gasteiger partial charge in [0.15, 0.2) is 0 Å². The summed E-state index contributed by atoms with van der Waals surface area (Å²) >= 11 is 0. The molecule has 0 aliphatic carbocycles. The number of carbonyl (C=O) groups excluding carboxylic acids is 1. The summed E-state index contributed by atoms with van der Waals surface area (Å²) in [4.78, 5) is 15.2. The van der Waals surface area contributed by atoms with Crippen LogP contribution in [0.15, 0.2) is 40.6 Å². The van der Waals surface area contributed by atoms with Gasteiger partial charge in [-0.2, -0.15) is 0 Å². The van der Waals surface area contributed by atoms with Crippen LogP contribution in [-0.2, 0) is 0 Å². The number of hydrogen-bond donors (Lipinski definition) is 1. The van der Waals surface area contributed by atoms with Gasteiger partial charge < -0.3 is 5.32 Å². The Morgan fingerprint density at radius 2 is 2.17 bits per heavy atom. The first-order valence-electron chi connectivity index (χ1n) is 6.26. The third kappa shape index (κ3) is 3.87. The Morgan fingerprint density at radius 1 is 1.33 bits per heavy atom. The van der Waals surface area contributed by atoms with Gasteiger partial charge in [-0.05, 0) is 31.5 Å². The van der Waals surface area contributed by atoms with Gasteiger partial charge in [0.25, 0.3) is 0 Å². The van der Waals surface area contributed by atoms with Gasteiger partial charge in [0.05, 0.1) is 0 Å². The van der Waals surface area contributed by atoms with Crippen molar-refractivity contribution in [3.05, 3.63) is 35.9 Å². The number of nitrogens with one attached hydrogen (secondary N) is 1. The van der Waals surface area contributed by atoms with E-state index in [-0.39, 0.29) is 5.91 Å². The molecular formula is C13H17N4O+. The molecule has 94 valence electrons. The van der Waals surface area contributed by atoms with Crippen LogP contribution >= 0.6 is 0 Å². The highest BCUT2D eigenvalue weighted by Gasteiger charge is 2.14. The average molecular weight is 245 g/mol. The molecule has 0 aromatic heterocycles. The quantitative estimate of drug-likeness (QED) is 0.653. The molecule has 0 bridgehead atoms. The Bertz CT molecular complexity index is 445. The molecule has 0 saturated carbocycles. The minimum atomic E-state index is -0.351. The third-order valence-electron chi connectivity index (χ3n) is 2.93. The van der Waals surface area contributed by atoms with E-state index < -0.39 is 0 Å². The highest BCUT2D eigenvalue weighted by atomic mass is 16.1. The summed E-state index contributed by atoms with van der Waals surface area (Å²) in [7, 11) is 0. The van der Waals surface area contributed by atoms with Gasteiger partial charge in [-0.15, -0.1) is 0 Å². The van der Waals surface area contributed by atoms with Crippen molar-refractivity contribution in [2.75, 3.05) is 13.1 Å². The fourth-order valence-electron chi connectivity index (χ4n) is 1.93. The van der Waals surface area contributed by atoms with Crippen molar-refractivity contribution >= 4 is 5.91 Å². The Labute approximate surface area is 106 Å². The van der Waals surface area contributed by atoms with E-state index in [9.17, 15) is 4.79 Å². The molecule has 1 atom stereocenters. The second-order valence-electron chi connectivity index (χ2n) is 4.33. The molecule has 1 heterocycles. The second-order valence-corrected chi connectivity index (χ2v) is 4.33. The lowest BCUT2D eigenvalue weighted by Gasteiger charge is -2.19. The van der Waals surface area contributed by atoms with Crippen LogP contribution in [0.25, 0.3) is 0 Å². The van der Waals surface area contributed by atoms with Gasteiger partial charge in [-0.1, -0.05) is 24.6 Å². The maximum atomic E-state index is 11.6. The fourth-order valence-corrected chi connectivity index (χ4v) is 1.93. The molecule has 0 radical (unpaired) electrons. The molecule has 5 nitrogen and oxygen atoms in total. The lowest BCUT2D eigenvalue weighted by atomic mass is 10.1. The molecule has 2 rings (SSSR count). The standard InChI is InChI=1S/C13H17N4O/c18-13(11-6-2-1-3-7-11)16-17-15-10-12-8-4-5-9-14-12/h1-3,6-7,12,14H,4-5,8-10H2/q+1/t12-/m0/s1. The molecule has 18 heavy (non-hydrogen) atoms. The van der Waals surface area contributed by atoms with Gasteiger partial charge in [-0.3, -0.25) is 4.79 Å². The average Bonchev–Trinajstić information content (AvgIpc) is 2.45. The number of hydrogen-bond acceptors (Lipinski definition) is 3. The van der Waals surface area contributed by atoms with Crippen molar-refractivity contribution in [1.82, 2.24) is 10.2 Å². The highest BCUT2D eigenvalue weighted by Crippen LogP contribution is 2.06. The summed E-state index contributed by atoms with van der Waals surface area (Å²) in [6.07, 6.45) is 3.57. The van der Waals surface area contributed by atoms with Crippen molar-refractivity contribution in [1.29, 1.82) is 0 Å². The van der Waals surface area contributed by atoms with Crippen molar-refractivity contribution in [3.8, 4) is 0 Å². The van der Waals surface area contributed by atoms with Crippen molar-refractivity contribution in [3.63, 3.8) is 0 Å². The number of nitrogens with zero attached hydrogens (tertiary/aromatic N) is 3. The minimum Gasteiger partial charge on any atom is -0.312 e. The van der Waals surface area contributed by atoms with E-state index in [0.29, 0.717) is 18.2 Å². The summed E-state index contributed by atoms with van der Waals surface area (Å²) in [5.41, 5.74) is 0.534. The van der Waals surface area contributed by atoms with E-state index in [0.717, 1.165) is 13.0 Å². The van der Waals surface area contributed by atoms with Crippen LogP contribution < -0.4 is 10.2 Å². The Morgan fingerprint density at radius 3 is 2.89 bits per heavy atom. The lowest BCUT2D eigenvalue weighted by molar-refractivity contribution is 0.0992. The molecule has 1 aromatic carbocycles. The SMILES string of the molecule is O=C(N=[N+]=NC[C@@H]1CCCCN1)c1ccccc1. The van der Waals surface area contributed by atoms with Gasteiger partial charge >= 0.3 is 5.91 Å². The third-order valence-corrected chi connectivity index (χ3v) is 2.93. The van der Waals surface area contributed by atoms with Crippen molar-refractivity contribution < 1.29 is 4.79 Å². The molecule has 0 spiro atoms. The monoisotopic (exact) mass is 245 g/mol. The first kappa shape index (κ1) is 12.6. The predicted molar refractivity (Wildman–Crippen MR) is 68.3 cm³/mol. The topological polar surface area (TPSA) is 67.9 Å². The lowest BCUT2D eigenvalue weighted by Crippen LogP contribution is -2.36. The van der Waals surface area contributed by atoms with Crippen LogP contribution in [0.4, 0.5) is 0 Å². The zero-order valence-corrected chi connectivity index (χ0v) is 10.2. The Hall–Kier alpha value is -1.84. The molecule has 1 aliphatic heterocycles. The summed E-state index contributed by atoms with van der Waals surface area (Å²) in [5.74, 6) is -0.351. The molecule has 0 unspecified atom stereocenters. The van der Waals surface area contributed by atoms with Gasteiger partial charge in [0, 0.05) is 11.6 Å². The molecule has 1 fully saturated rings. The number of rotatable bonds is 3. The number of piperidine rings is 1. The normalized spacial score (nSPS) is 18.8. The molecular weight excluding hydrogens is 228 g/mol. The van der Waals surface area contributed by atoms with Crippen LogP contribution in [0.1, 0.15) is 29.6 Å². The van der Waals surface area contributed by atoms with E-state index >= 15 is 0 Å². The van der Waals surface area contributed by atoms with E-state index in [1.54, 1.807) is 24.3 Å². The molecule has 1 aromatic rings. The van der Waals surface area contributed by atoms with Crippen molar-refractivity contribution in [2.45, 2.75) is 25.3 Å². The number of benzene rings is 1. The van der Waals surface area contributed by atoms with E-state index in [4.69, 9.17) is 0 Å². The summed E-state index contributed by atoms with van der Waals surface area (Å²) in [6.45, 7) is 1.63. The number of amides is 1. The van der Waals surface area contributed by atoms with Crippen LogP contribution in [0.5, 0.6) is 0 Å². The van der Waals surface area contributed by atoms with Crippen LogP contribution in [0, 0.1) is 0 Å². The Kier molecular flexibility index (Phi) is 4.76. The molecule has 5 heteroatoms. The number of carbonyl (C=O) groups is 1. The summed E-state index contributed by atoms with van der Waals surface area (Å²) in [5, 5.41) is 10.9. The molecule has 1 N–H and O–H groups in total. The largest absolute Gasteiger partial charge is 0.360 e. The fraction of sp³-hybridized carbons (Fsp3) is 0.462. The van der Waals surface area contributed by atoms with E-state index in [1.165, 1.54) is 12.8 Å². The smallest absolute Gasteiger partial charge is 0.312 e. The van der Waals surface area contributed by atoms with Crippen LogP contribution in [-0.4, -0.2) is 25.0 Å². The molecule has 1 aliphatic rings. The predicted octanol–water partition coefficient (Wildman–Crippen LogP) is 1.94. The summed E-state index contributed by atoms with van der Waals surface area (Å²) in [6, 6.07) is 9.25. The Balaban J connectivity index is 1.84.